The molecule has 0 aromatic rings. The van der Waals surface area contributed by atoms with E-state index in [2.05, 4.69) is 13.8 Å². The van der Waals surface area contributed by atoms with Crippen LogP contribution in [0.1, 0.15) is 33.1 Å². The van der Waals surface area contributed by atoms with E-state index < -0.39 is 0 Å². The van der Waals surface area contributed by atoms with E-state index in [0.717, 1.165) is 35.5 Å². The Labute approximate surface area is 86.2 Å². The number of hydrogen-bond donors (Lipinski definition) is 0. The third-order valence-corrected chi connectivity index (χ3v) is 5.77. The third-order valence-electron chi connectivity index (χ3n) is 5.77. The van der Waals surface area contributed by atoms with Crippen LogP contribution in [0.2, 0.25) is 0 Å². The Kier molecular flexibility index (Phi) is 1.38. The van der Waals surface area contributed by atoms with Crippen molar-refractivity contribution in [3.63, 3.8) is 0 Å². The zero-order valence-electron chi connectivity index (χ0n) is 9.15. The molecule has 4 fully saturated rings. The lowest BCUT2D eigenvalue weighted by Crippen LogP contribution is -2.38. The van der Waals surface area contributed by atoms with Gasteiger partial charge in [0.1, 0.15) is 0 Å². The first-order chi connectivity index (χ1) is 6.75. The Hall–Kier alpha value is -0.0400. The smallest absolute Gasteiger partial charge is 0.0640 e. The SMILES string of the molecule is CC1CC2CC1C1C3CC(C)C(O3)C21. The van der Waals surface area contributed by atoms with Gasteiger partial charge >= 0.3 is 0 Å². The second-order valence-electron chi connectivity index (χ2n) is 6.38. The Morgan fingerprint density at radius 1 is 0.929 bits per heavy atom. The normalized spacial score (nSPS) is 69.0. The molecular weight excluding hydrogens is 172 g/mol. The molecule has 1 heteroatoms. The van der Waals surface area contributed by atoms with Gasteiger partial charge in [0.2, 0.25) is 0 Å². The van der Waals surface area contributed by atoms with Gasteiger partial charge < -0.3 is 4.74 Å². The maximum atomic E-state index is 6.18. The summed E-state index contributed by atoms with van der Waals surface area (Å²) in [4.78, 5) is 0. The average Bonchev–Trinajstić information content (AvgIpc) is 2.78. The van der Waals surface area contributed by atoms with E-state index in [-0.39, 0.29) is 0 Å². The molecule has 0 amide bonds. The van der Waals surface area contributed by atoms with Crippen LogP contribution in [0.15, 0.2) is 0 Å². The van der Waals surface area contributed by atoms with Gasteiger partial charge in [-0.1, -0.05) is 13.8 Å². The van der Waals surface area contributed by atoms with E-state index in [1.807, 2.05) is 0 Å². The molecule has 4 bridgehead atoms. The number of ether oxygens (including phenoxy) is 1. The molecule has 4 aliphatic rings. The van der Waals surface area contributed by atoms with Crippen LogP contribution in [-0.4, -0.2) is 12.2 Å². The molecule has 8 atom stereocenters. The van der Waals surface area contributed by atoms with Gasteiger partial charge in [0, 0.05) is 0 Å². The van der Waals surface area contributed by atoms with Crippen LogP contribution >= 0.6 is 0 Å². The maximum Gasteiger partial charge on any atom is 0.0640 e. The summed E-state index contributed by atoms with van der Waals surface area (Å²) in [5.41, 5.74) is 0. The predicted molar refractivity (Wildman–Crippen MR) is 54.8 cm³/mol. The summed E-state index contributed by atoms with van der Waals surface area (Å²) >= 11 is 0. The molecule has 0 aromatic carbocycles. The monoisotopic (exact) mass is 192 g/mol. The summed E-state index contributed by atoms with van der Waals surface area (Å²) in [5.74, 6) is 5.88. The Morgan fingerprint density at radius 3 is 2.64 bits per heavy atom. The summed E-state index contributed by atoms with van der Waals surface area (Å²) in [5, 5.41) is 0. The topological polar surface area (TPSA) is 9.23 Å². The van der Waals surface area contributed by atoms with Crippen LogP contribution < -0.4 is 0 Å². The van der Waals surface area contributed by atoms with Crippen molar-refractivity contribution in [2.75, 3.05) is 0 Å². The minimum atomic E-state index is 0.660. The molecular formula is C13H20O. The highest BCUT2D eigenvalue weighted by Gasteiger charge is 2.64. The van der Waals surface area contributed by atoms with Crippen molar-refractivity contribution in [1.82, 2.24) is 0 Å². The number of fused-ring (bicyclic) bond motifs is 9. The van der Waals surface area contributed by atoms with Crippen molar-refractivity contribution in [3.05, 3.63) is 0 Å². The van der Waals surface area contributed by atoms with E-state index in [1.54, 1.807) is 6.42 Å². The van der Waals surface area contributed by atoms with Crippen LogP contribution in [0.25, 0.3) is 0 Å². The number of hydrogen-bond acceptors (Lipinski definition) is 1. The Morgan fingerprint density at radius 2 is 1.79 bits per heavy atom. The van der Waals surface area contributed by atoms with Gasteiger partial charge in [0.15, 0.2) is 0 Å². The molecule has 14 heavy (non-hydrogen) atoms. The zero-order chi connectivity index (χ0) is 9.45. The highest BCUT2D eigenvalue weighted by molar-refractivity contribution is 5.11. The maximum absolute atomic E-state index is 6.18. The van der Waals surface area contributed by atoms with Crippen LogP contribution in [-0.2, 0) is 4.74 Å². The van der Waals surface area contributed by atoms with Crippen LogP contribution in [0.4, 0.5) is 0 Å². The van der Waals surface area contributed by atoms with Crippen molar-refractivity contribution in [1.29, 1.82) is 0 Å². The fraction of sp³-hybridized carbons (Fsp3) is 1.00. The first-order valence-corrected chi connectivity index (χ1v) is 6.41. The molecule has 2 heterocycles. The molecule has 2 aliphatic heterocycles. The van der Waals surface area contributed by atoms with Gasteiger partial charge in [-0.2, -0.15) is 0 Å². The lowest BCUT2D eigenvalue weighted by Gasteiger charge is -2.37. The summed E-state index contributed by atoms with van der Waals surface area (Å²) < 4.78 is 6.18. The molecule has 0 aromatic heterocycles. The molecule has 2 saturated carbocycles. The van der Waals surface area contributed by atoms with Crippen molar-refractivity contribution < 1.29 is 4.74 Å². The minimum absolute atomic E-state index is 0.660. The molecule has 2 saturated heterocycles. The molecule has 4 rings (SSSR count). The minimum Gasteiger partial charge on any atom is -0.374 e. The fourth-order valence-corrected chi connectivity index (χ4v) is 5.40. The van der Waals surface area contributed by atoms with E-state index in [1.165, 1.54) is 12.8 Å². The quantitative estimate of drug-likeness (QED) is 0.573. The lowest BCUT2D eigenvalue weighted by molar-refractivity contribution is 0.0632. The van der Waals surface area contributed by atoms with E-state index >= 15 is 0 Å². The van der Waals surface area contributed by atoms with E-state index in [0.29, 0.717) is 12.2 Å². The van der Waals surface area contributed by atoms with Crippen LogP contribution in [0, 0.1) is 35.5 Å². The zero-order valence-corrected chi connectivity index (χ0v) is 9.15. The van der Waals surface area contributed by atoms with Crippen molar-refractivity contribution in [3.8, 4) is 0 Å². The average molecular weight is 192 g/mol. The molecule has 2 aliphatic carbocycles. The highest BCUT2D eigenvalue weighted by atomic mass is 16.5. The van der Waals surface area contributed by atoms with Crippen LogP contribution in [0.5, 0.6) is 0 Å². The standard InChI is InChI=1S/C13H20O/c1-6-3-8-5-9(6)12-10-4-7(2)13(14-10)11(8)12/h6-13H,3-5H2,1-2H3. The second kappa shape index (κ2) is 2.37. The van der Waals surface area contributed by atoms with E-state index in [9.17, 15) is 0 Å². The van der Waals surface area contributed by atoms with Crippen molar-refractivity contribution in [2.24, 2.45) is 35.5 Å². The second-order valence-corrected chi connectivity index (χ2v) is 6.38. The first-order valence-electron chi connectivity index (χ1n) is 6.41. The summed E-state index contributed by atoms with van der Waals surface area (Å²) in [6, 6.07) is 0. The molecule has 1 nitrogen and oxygen atoms in total. The van der Waals surface area contributed by atoms with Crippen molar-refractivity contribution >= 4 is 0 Å². The molecule has 0 spiro atoms. The fourth-order valence-electron chi connectivity index (χ4n) is 5.40. The summed E-state index contributed by atoms with van der Waals surface area (Å²) in [7, 11) is 0. The third kappa shape index (κ3) is 0.743. The molecule has 8 unspecified atom stereocenters. The Bertz CT molecular complexity index is 246. The lowest BCUT2D eigenvalue weighted by atomic mass is 9.65. The predicted octanol–water partition coefficient (Wildman–Crippen LogP) is 2.70. The Balaban J connectivity index is 1.72. The highest BCUT2D eigenvalue weighted by Crippen LogP contribution is 2.65. The van der Waals surface area contributed by atoms with E-state index in [4.69, 9.17) is 4.74 Å². The first kappa shape index (κ1) is 8.15. The summed E-state index contributed by atoms with van der Waals surface area (Å²) in [6.45, 7) is 4.87. The van der Waals surface area contributed by atoms with Gasteiger partial charge in [0.05, 0.1) is 12.2 Å². The number of rotatable bonds is 0. The van der Waals surface area contributed by atoms with Gasteiger partial charge in [-0.15, -0.1) is 0 Å². The van der Waals surface area contributed by atoms with Crippen molar-refractivity contribution in [2.45, 2.75) is 45.3 Å². The van der Waals surface area contributed by atoms with Gasteiger partial charge in [-0.25, -0.2) is 0 Å². The van der Waals surface area contributed by atoms with Gasteiger partial charge in [0.25, 0.3) is 0 Å². The molecule has 0 radical (unpaired) electrons. The molecule has 0 N–H and O–H groups in total. The van der Waals surface area contributed by atoms with Crippen LogP contribution in [0.3, 0.4) is 0 Å². The van der Waals surface area contributed by atoms with Gasteiger partial charge in [-0.3, -0.25) is 0 Å². The molecule has 78 valence electrons. The largest absolute Gasteiger partial charge is 0.374 e. The summed E-state index contributed by atoms with van der Waals surface area (Å²) in [6.07, 6.45) is 5.73. The van der Waals surface area contributed by atoms with Gasteiger partial charge in [-0.05, 0) is 54.8 Å².